The highest BCUT2D eigenvalue weighted by Gasteiger charge is 2.07. The molecule has 4 heteroatoms. The van der Waals surface area contributed by atoms with Crippen LogP contribution in [-0.4, -0.2) is 6.04 Å². The summed E-state index contributed by atoms with van der Waals surface area (Å²) in [6.45, 7) is 2.33. The molecule has 1 unspecified atom stereocenters. The summed E-state index contributed by atoms with van der Waals surface area (Å²) < 4.78 is 5.86. The summed E-state index contributed by atoms with van der Waals surface area (Å²) in [5.41, 5.74) is 8.33. The molecule has 0 bridgehead atoms. The van der Waals surface area contributed by atoms with Crippen LogP contribution in [0, 0.1) is 11.3 Å². The zero-order valence-corrected chi connectivity index (χ0v) is 12.6. The Bertz CT molecular complexity index is 662. The topological polar surface area (TPSA) is 59.0 Å². The molecule has 0 aliphatic heterocycles. The van der Waals surface area contributed by atoms with E-state index in [-0.39, 0.29) is 6.04 Å². The monoisotopic (exact) mass is 300 g/mol. The van der Waals surface area contributed by atoms with Gasteiger partial charge in [-0.05, 0) is 37.1 Å². The third-order valence-corrected chi connectivity index (χ3v) is 3.43. The van der Waals surface area contributed by atoms with Gasteiger partial charge in [-0.15, -0.1) is 0 Å². The maximum atomic E-state index is 8.83. The van der Waals surface area contributed by atoms with E-state index in [9.17, 15) is 0 Å². The van der Waals surface area contributed by atoms with E-state index in [0.29, 0.717) is 17.2 Å². The van der Waals surface area contributed by atoms with Crippen LogP contribution in [0.3, 0.4) is 0 Å². The van der Waals surface area contributed by atoms with E-state index >= 15 is 0 Å². The number of ether oxygens (including phenoxy) is 1. The highest BCUT2D eigenvalue weighted by Crippen LogP contribution is 2.23. The molecule has 0 fully saturated rings. The molecular weight excluding hydrogens is 284 g/mol. The zero-order chi connectivity index (χ0) is 15.2. The van der Waals surface area contributed by atoms with Gasteiger partial charge in [-0.3, -0.25) is 0 Å². The van der Waals surface area contributed by atoms with Crippen LogP contribution in [0.5, 0.6) is 5.75 Å². The Balaban J connectivity index is 2.12. The lowest BCUT2D eigenvalue weighted by Crippen LogP contribution is -2.18. The van der Waals surface area contributed by atoms with Crippen LogP contribution in [0.1, 0.15) is 23.6 Å². The van der Waals surface area contributed by atoms with Gasteiger partial charge in [0, 0.05) is 16.6 Å². The lowest BCUT2D eigenvalue weighted by Gasteiger charge is -2.13. The molecule has 0 amide bonds. The van der Waals surface area contributed by atoms with Crippen LogP contribution in [0.2, 0.25) is 5.02 Å². The third-order valence-electron chi connectivity index (χ3n) is 3.08. The lowest BCUT2D eigenvalue weighted by molar-refractivity contribution is 0.302. The van der Waals surface area contributed by atoms with E-state index in [0.717, 1.165) is 23.3 Å². The first-order chi connectivity index (χ1) is 10.1. The quantitative estimate of drug-likeness (QED) is 0.916. The number of nitrogens with zero attached hydrogens (tertiary/aromatic N) is 1. The number of nitriles is 1. The molecule has 0 radical (unpaired) electrons. The van der Waals surface area contributed by atoms with Gasteiger partial charge < -0.3 is 10.5 Å². The van der Waals surface area contributed by atoms with Gasteiger partial charge in [-0.1, -0.05) is 35.9 Å². The fraction of sp³-hybridized carbons (Fsp3) is 0.235. The van der Waals surface area contributed by atoms with Crippen molar-refractivity contribution in [1.29, 1.82) is 5.26 Å². The standard InChI is InChI=1S/C17H17ClN2O/c1-12(20)8-14-4-2-3-5-17(14)21-11-15-7-6-13(10-19)9-16(15)18/h2-7,9,12H,8,11,20H2,1H3. The number of nitrogens with two attached hydrogens (primary N) is 1. The maximum Gasteiger partial charge on any atom is 0.123 e. The Kier molecular flexibility index (Phi) is 5.21. The van der Waals surface area contributed by atoms with Crippen molar-refractivity contribution in [3.8, 4) is 11.8 Å². The molecule has 0 aromatic heterocycles. The predicted molar refractivity (Wildman–Crippen MR) is 84.3 cm³/mol. The minimum atomic E-state index is 0.0771. The number of benzene rings is 2. The van der Waals surface area contributed by atoms with E-state index < -0.39 is 0 Å². The molecule has 0 saturated carbocycles. The summed E-state index contributed by atoms with van der Waals surface area (Å²) in [6.07, 6.45) is 0.761. The number of hydrogen-bond donors (Lipinski definition) is 1. The highest BCUT2D eigenvalue weighted by molar-refractivity contribution is 6.31. The molecule has 0 heterocycles. The molecule has 2 rings (SSSR count). The zero-order valence-electron chi connectivity index (χ0n) is 11.8. The molecule has 0 aliphatic carbocycles. The Morgan fingerprint density at radius 3 is 2.67 bits per heavy atom. The van der Waals surface area contributed by atoms with E-state index in [1.54, 1.807) is 12.1 Å². The Labute approximate surface area is 129 Å². The van der Waals surface area contributed by atoms with Crippen molar-refractivity contribution in [2.24, 2.45) is 5.73 Å². The van der Waals surface area contributed by atoms with Crippen molar-refractivity contribution < 1.29 is 4.74 Å². The van der Waals surface area contributed by atoms with Crippen LogP contribution in [0.4, 0.5) is 0 Å². The van der Waals surface area contributed by atoms with Crippen LogP contribution in [0.25, 0.3) is 0 Å². The first kappa shape index (κ1) is 15.4. The van der Waals surface area contributed by atoms with Crippen LogP contribution < -0.4 is 10.5 Å². The van der Waals surface area contributed by atoms with Gasteiger partial charge in [0.15, 0.2) is 0 Å². The van der Waals surface area contributed by atoms with Crippen LogP contribution >= 0.6 is 11.6 Å². The molecule has 1 atom stereocenters. The van der Waals surface area contributed by atoms with Gasteiger partial charge in [0.25, 0.3) is 0 Å². The Morgan fingerprint density at radius 2 is 2.00 bits per heavy atom. The van der Waals surface area contributed by atoms with Gasteiger partial charge >= 0.3 is 0 Å². The first-order valence-corrected chi connectivity index (χ1v) is 7.12. The Hall–Kier alpha value is -2.02. The van der Waals surface area contributed by atoms with Crippen molar-refractivity contribution in [2.45, 2.75) is 26.0 Å². The summed E-state index contributed by atoms with van der Waals surface area (Å²) in [6, 6.07) is 15.2. The summed E-state index contributed by atoms with van der Waals surface area (Å²) >= 11 is 6.15. The minimum Gasteiger partial charge on any atom is -0.489 e. The predicted octanol–water partition coefficient (Wildman–Crippen LogP) is 3.68. The van der Waals surface area contributed by atoms with E-state index in [1.165, 1.54) is 0 Å². The smallest absolute Gasteiger partial charge is 0.123 e. The molecule has 0 spiro atoms. The van der Waals surface area contributed by atoms with Crippen LogP contribution in [-0.2, 0) is 13.0 Å². The first-order valence-electron chi connectivity index (χ1n) is 6.75. The van der Waals surface area contributed by atoms with E-state index in [4.69, 9.17) is 27.3 Å². The molecule has 108 valence electrons. The second-order valence-electron chi connectivity index (χ2n) is 5.00. The average molecular weight is 301 g/mol. The summed E-state index contributed by atoms with van der Waals surface area (Å²) in [4.78, 5) is 0. The van der Waals surface area contributed by atoms with Crippen molar-refractivity contribution in [3.05, 3.63) is 64.2 Å². The summed E-state index contributed by atoms with van der Waals surface area (Å²) in [7, 11) is 0. The molecule has 0 aliphatic rings. The van der Waals surface area contributed by atoms with E-state index in [1.807, 2.05) is 37.3 Å². The highest BCUT2D eigenvalue weighted by atomic mass is 35.5. The average Bonchev–Trinajstić information content (AvgIpc) is 2.46. The third kappa shape index (κ3) is 4.22. The molecule has 2 aromatic carbocycles. The van der Waals surface area contributed by atoms with Crippen LogP contribution in [0.15, 0.2) is 42.5 Å². The maximum absolute atomic E-state index is 8.83. The minimum absolute atomic E-state index is 0.0771. The summed E-state index contributed by atoms with van der Waals surface area (Å²) in [5, 5.41) is 9.37. The summed E-state index contributed by atoms with van der Waals surface area (Å²) in [5.74, 6) is 0.815. The van der Waals surface area contributed by atoms with Crippen molar-refractivity contribution in [3.63, 3.8) is 0 Å². The number of halogens is 1. The number of para-hydroxylation sites is 1. The fourth-order valence-electron chi connectivity index (χ4n) is 2.05. The molecular formula is C17H17ClN2O. The lowest BCUT2D eigenvalue weighted by atomic mass is 10.1. The van der Waals surface area contributed by atoms with E-state index in [2.05, 4.69) is 6.07 Å². The van der Waals surface area contributed by atoms with Gasteiger partial charge in [0.2, 0.25) is 0 Å². The van der Waals surface area contributed by atoms with Gasteiger partial charge in [0.05, 0.1) is 11.6 Å². The van der Waals surface area contributed by atoms with Gasteiger partial charge in [-0.2, -0.15) is 5.26 Å². The largest absolute Gasteiger partial charge is 0.489 e. The molecule has 3 nitrogen and oxygen atoms in total. The van der Waals surface area contributed by atoms with Gasteiger partial charge in [-0.25, -0.2) is 0 Å². The second-order valence-corrected chi connectivity index (χ2v) is 5.40. The van der Waals surface area contributed by atoms with Crippen molar-refractivity contribution in [2.75, 3.05) is 0 Å². The van der Waals surface area contributed by atoms with Crippen molar-refractivity contribution in [1.82, 2.24) is 0 Å². The van der Waals surface area contributed by atoms with Crippen molar-refractivity contribution >= 4 is 11.6 Å². The molecule has 21 heavy (non-hydrogen) atoms. The number of rotatable bonds is 5. The molecule has 0 saturated heterocycles. The fourth-order valence-corrected chi connectivity index (χ4v) is 2.28. The number of hydrogen-bond acceptors (Lipinski definition) is 3. The second kappa shape index (κ2) is 7.12. The molecule has 2 N–H and O–H groups in total. The normalized spacial score (nSPS) is 11.7. The SMILES string of the molecule is CC(N)Cc1ccccc1OCc1ccc(C#N)cc1Cl. The van der Waals surface area contributed by atoms with Gasteiger partial charge in [0.1, 0.15) is 12.4 Å². The Morgan fingerprint density at radius 1 is 1.24 bits per heavy atom. The molecule has 2 aromatic rings.